The van der Waals surface area contributed by atoms with Crippen molar-refractivity contribution in [3.05, 3.63) is 53.5 Å². The Morgan fingerprint density at radius 2 is 2.12 bits per heavy atom. The van der Waals surface area contributed by atoms with Gasteiger partial charge < -0.3 is 4.74 Å². The summed E-state index contributed by atoms with van der Waals surface area (Å²) in [6.07, 6.45) is -0.389. The largest absolute Gasteiger partial charge is 0.481 e. The molecule has 0 bridgehead atoms. The first-order valence-corrected chi connectivity index (χ1v) is 8.63. The number of rotatable bonds is 5. The lowest BCUT2D eigenvalue weighted by atomic mass is 9.99. The van der Waals surface area contributed by atoms with Crippen LogP contribution < -0.4 is 4.74 Å². The Bertz CT molecular complexity index is 751. The standard InChI is InChI=1S/C19H22F3N3O/c1-13(17-4-3-5-18(24-17)26-2)25-7-6-14(12-25)8-15-9-16(11-23-10-15)19(20,21)22/h3-5,9-11,13-14H,6-8,12H2,1-2H3. The molecule has 2 aromatic rings. The van der Waals surface area contributed by atoms with Gasteiger partial charge in [-0.25, -0.2) is 4.98 Å². The van der Waals surface area contributed by atoms with E-state index in [-0.39, 0.29) is 6.04 Å². The molecule has 0 amide bonds. The molecule has 1 aliphatic rings. The molecule has 1 saturated heterocycles. The van der Waals surface area contributed by atoms with E-state index in [4.69, 9.17) is 4.74 Å². The molecule has 3 heterocycles. The Kier molecular flexibility index (Phi) is 5.46. The number of pyridine rings is 2. The monoisotopic (exact) mass is 365 g/mol. The van der Waals surface area contributed by atoms with Gasteiger partial charge in [0.1, 0.15) is 0 Å². The van der Waals surface area contributed by atoms with Crippen molar-refractivity contribution < 1.29 is 17.9 Å². The molecule has 140 valence electrons. The Hall–Kier alpha value is -2.15. The average Bonchev–Trinajstić information content (AvgIpc) is 3.09. The van der Waals surface area contributed by atoms with Crippen LogP contribution in [0.1, 0.15) is 36.2 Å². The van der Waals surface area contributed by atoms with E-state index in [9.17, 15) is 13.2 Å². The second-order valence-corrected chi connectivity index (χ2v) is 6.71. The third kappa shape index (κ3) is 4.33. The lowest BCUT2D eigenvalue weighted by Crippen LogP contribution is -2.25. The second-order valence-electron chi connectivity index (χ2n) is 6.71. The highest BCUT2D eigenvalue weighted by atomic mass is 19.4. The van der Waals surface area contributed by atoms with Gasteiger partial charge in [-0.2, -0.15) is 13.2 Å². The number of ether oxygens (including phenoxy) is 1. The summed E-state index contributed by atoms with van der Waals surface area (Å²) in [6.45, 7) is 3.82. The Morgan fingerprint density at radius 3 is 2.85 bits per heavy atom. The van der Waals surface area contributed by atoms with E-state index >= 15 is 0 Å². The van der Waals surface area contributed by atoms with Crippen LogP contribution in [0.4, 0.5) is 13.2 Å². The van der Waals surface area contributed by atoms with Crippen LogP contribution in [0.2, 0.25) is 0 Å². The number of nitrogens with zero attached hydrogens (tertiary/aromatic N) is 3. The molecule has 2 unspecified atom stereocenters. The molecule has 0 N–H and O–H groups in total. The fraction of sp³-hybridized carbons (Fsp3) is 0.474. The first-order chi connectivity index (χ1) is 12.4. The molecule has 2 aromatic heterocycles. The lowest BCUT2D eigenvalue weighted by molar-refractivity contribution is -0.137. The Labute approximate surface area is 151 Å². The first-order valence-electron chi connectivity index (χ1n) is 8.63. The van der Waals surface area contributed by atoms with Crippen molar-refractivity contribution in [2.75, 3.05) is 20.2 Å². The molecule has 2 atom stereocenters. The van der Waals surface area contributed by atoms with Gasteiger partial charge >= 0.3 is 6.18 Å². The van der Waals surface area contributed by atoms with Gasteiger partial charge in [-0.1, -0.05) is 6.07 Å². The van der Waals surface area contributed by atoms with Crippen LogP contribution in [0.3, 0.4) is 0 Å². The van der Waals surface area contributed by atoms with Crippen LogP contribution in [-0.2, 0) is 12.6 Å². The quantitative estimate of drug-likeness (QED) is 0.799. The summed E-state index contributed by atoms with van der Waals surface area (Å²) in [5.74, 6) is 0.897. The summed E-state index contributed by atoms with van der Waals surface area (Å²) in [5.41, 5.74) is 0.892. The molecule has 1 fully saturated rings. The van der Waals surface area contributed by atoms with Crippen molar-refractivity contribution in [1.82, 2.24) is 14.9 Å². The van der Waals surface area contributed by atoms with Crippen molar-refractivity contribution in [1.29, 1.82) is 0 Å². The number of halogens is 3. The summed E-state index contributed by atoms with van der Waals surface area (Å²) in [6, 6.07) is 7.04. The zero-order valence-corrected chi connectivity index (χ0v) is 14.8. The molecule has 0 aromatic carbocycles. The highest BCUT2D eigenvalue weighted by molar-refractivity contribution is 5.22. The Morgan fingerprint density at radius 1 is 1.31 bits per heavy atom. The molecule has 3 rings (SSSR count). The van der Waals surface area contributed by atoms with E-state index in [2.05, 4.69) is 21.8 Å². The van der Waals surface area contributed by atoms with Gasteiger partial charge in [0.2, 0.25) is 5.88 Å². The summed E-state index contributed by atoms with van der Waals surface area (Å²) in [4.78, 5) is 10.6. The number of hydrogen-bond donors (Lipinski definition) is 0. The average molecular weight is 365 g/mol. The predicted molar refractivity (Wildman–Crippen MR) is 91.8 cm³/mol. The first kappa shape index (κ1) is 18.6. The smallest absolute Gasteiger partial charge is 0.417 e. The third-order valence-corrected chi connectivity index (χ3v) is 4.89. The zero-order valence-electron chi connectivity index (χ0n) is 14.8. The minimum absolute atomic E-state index is 0.134. The molecule has 0 spiro atoms. The summed E-state index contributed by atoms with van der Waals surface area (Å²) < 4.78 is 43.7. The predicted octanol–water partition coefficient (Wildman–Crippen LogP) is 4.13. The summed E-state index contributed by atoms with van der Waals surface area (Å²) >= 11 is 0. The molecule has 0 radical (unpaired) electrons. The van der Waals surface area contributed by atoms with Gasteiger partial charge in [-0.3, -0.25) is 9.88 Å². The molecular weight excluding hydrogens is 343 g/mol. The van der Waals surface area contributed by atoms with Crippen molar-refractivity contribution in [2.45, 2.75) is 32.0 Å². The van der Waals surface area contributed by atoms with Gasteiger partial charge in [0.05, 0.1) is 18.4 Å². The maximum atomic E-state index is 12.8. The number of hydrogen-bond acceptors (Lipinski definition) is 4. The number of alkyl halides is 3. The van der Waals surface area contributed by atoms with E-state index in [0.29, 0.717) is 23.8 Å². The minimum Gasteiger partial charge on any atom is -0.481 e. The zero-order chi connectivity index (χ0) is 18.7. The van der Waals surface area contributed by atoms with Gasteiger partial charge in [-0.05, 0) is 49.9 Å². The SMILES string of the molecule is COc1cccc(C(C)N2CCC(Cc3cncc(C(F)(F)F)c3)C2)n1. The van der Waals surface area contributed by atoms with Crippen molar-refractivity contribution in [3.8, 4) is 5.88 Å². The third-order valence-electron chi connectivity index (χ3n) is 4.89. The summed E-state index contributed by atoms with van der Waals surface area (Å²) in [5, 5.41) is 0. The highest BCUT2D eigenvalue weighted by Crippen LogP contribution is 2.31. The van der Waals surface area contributed by atoms with Crippen LogP contribution in [0.15, 0.2) is 36.7 Å². The van der Waals surface area contributed by atoms with E-state index in [1.165, 1.54) is 12.3 Å². The van der Waals surface area contributed by atoms with E-state index in [0.717, 1.165) is 31.4 Å². The second kappa shape index (κ2) is 7.61. The van der Waals surface area contributed by atoms with Gasteiger partial charge in [0.15, 0.2) is 0 Å². The Balaban J connectivity index is 1.63. The maximum Gasteiger partial charge on any atom is 0.417 e. The lowest BCUT2D eigenvalue weighted by Gasteiger charge is -2.24. The van der Waals surface area contributed by atoms with Crippen molar-refractivity contribution in [3.63, 3.8) is 0 Å². The molecular formula is C19H22F3N3O. The highest BCUT2D eigenvalue weighted by Gasteiger charge is 2.32. The maximum absolute atomic E-state index is 12.8. The van der Waals surface area contributed by atoms with Gasteiger partial charge in [0, 0.05) is 31.0 Å². The number of methoxy groups -OCH3 is 1. The van der Waals surface area contributed by atoms with E-state index in [1.807, 2.05) is 18.2 Å². The minimum atomic E-state index is -4.35. The molecule has 7 heteroatoms. The number of aromatic nitrogens is 2. The topological polar surface area (TPSA) is 38.2 Å². The van der Waals surface area contributed by atoms with Crippen LogP contribution in [-0.4, -0.2) is 35.1 Å². The van der Waals surface area contributed by atoms with Crippen LogP contribution in [0.5, 0.6) is 5.88 Å². The fourth-order valence-corrected chi connectivity index (χ4v) is 3.43. The van der Waals surface area contributed by atoms with Gasteiger partial charge in [-0.15, -0.1) is 0 Å². The van der Waals surface area contributed by atoms with Gasteiger partial charge in [0.25, 0.3) is 0 Å². The molecule has 26 heavy (non-hydrogen) atoms. The van der Waals surface area contributed by atoms with Crippen LogP contribution in [0, 0.1) is 5.92 Å². The molecule has 0 aliphatic carbocycles. The molecule has 0 saturated carbocycles. The van der Waals surface area contributed by atoms with Crippen molar-refractivity contribution in [2.24, 2.45) is 5.92 Å². The van der Waals surface area contributed by atoms with Crippen LogP contribution >= 0.6 is 0 Å². The normalized spacial score (nSPS) is 19.5. The summed E-state index contributed by atoms with van der Waals surface area (Å²) in [7, 11) is 1.59. The van der Waals surface area contributed by atoms with Crippen molar-refractivity contribution >= 4 is 0 Å². The van der Waals surface area contributed by atoms with Crippen LogP contribution in [0.25, 0.3) is 0 Å². The fourth-order valence-electron chi connectivity index (χ4n) is 3.43. The molecule has 4 nitrogen and oxygen atoms in total. The van der Waals surface area contributed by atoms with E-state index in [1.54, 1.807) is 7.11 Å². The van der Waals surface area contributed by atoms with E-state index < -0.39 is 11.7 Å². The number of likely N-dealkylation sites (tertiary alicyclic amines) is 1. The molecule has 1 aliphatic heterocycles.